The van der Waals surface area contributed by atoms with E-state index in [-0.39, 0.29) is 17.0 Å². The van der Waals surface area contributed by atoms with Gasteiger partial charge in [0.25, 0.3) is 0 Å². The van der Waals surface area contributed by atoms with Gasteiger partial charge in [-0.05, 0) is 41.5 Å². The monoisotopic (exact) mass is 380 g/mol. The SMILES string of the molecule is [O-][S+]1c2cccc(OC(F)F)c2[C@@H]2C[C@@H]1c1nc3ccc(Cl)cc3n12. The highest BCUT2D eigenvalue weighted by Gasteiger charge is 2.50. The number of imidazole rings is 1. The van der Waals surface area contributed by atoms with Gasteiger partial charge in [-0.15, -0.1) is 0 Å². The largest absolute Gasteiger partial charge is 0.611 e. The maximum absolute atomic E-state index is 13.0. The van der Waals surface area contributed by atoms with E-state index in [2.05, 4.69) is 4.98 Å². The molecule has 3 heterocycles. The highest BCUT2D eigenvalue weighted by Crippen LogP contribution is 2.55. The Hall–Kier alpha value is -1.83. The molecule has 2 aliphatic heterocycles. The van der Waals surface area contributed by atoms with E-state index in [0.29, 0.717) is 27.7 Å². The fraction of sp³-hybridized carbons (Fsp3) is 0.235. The van der Waals surface area contributed by atoms with Gasteiger partial charge in [0.2, 0.25) is 0 Å². The summed E-state index contributed by atoms with van der Waals surface area (Å²) < 4.78 is 45.4. The Morgan fingerprint density at radius 3 is 2.96 bits per heavy atom. The summed E-state index contributed by atoms with van der Waals surface area (Å²) in [5.41, 5.74) is 2.11. The van der Waals surface area contributed by atoms with Crippen LogP contribution >= 0.6 is 11.6 Å². The number of ether oxygens (including phenoxy) is 1. The fourth-order valence-corrected chi connectivity index (χ4v) is 5.72. The van der Waals surface area contributed by atoms with E-state index in [0.717, 1.165) is 11.0 Å². The highest BCUT2D eigenvalue weighted by molar-refractivity contribution is 7.91. The molecular weight excluding hydrogens is 370 g/mol. The first kappa shape index (κ1) is 15.4. The Bertz CT molecular complexity index is 1010. The molecule has 0 fully saturated rings. The second-order valence-corrected chi connectivity index (χ2v) is 8.10. The Balaban J connectivity index is 1.78. The summed E-state index contributed by atoms with van der Waals surface area (Å²) in [6.07, 6.45) is 0.550. The molecular formula is C17H11ClF2N2O2S. The lowest BCUT2D eigenvalue weighted by atomic mass is 10.0. The van der Waals surface area contributed by atoms with E-state index < -0.39 is 17.8 Å². The molecule has 0 amide bonds. The lowest BCUT2D eigenvalue weighted by molar-refractivity contribution is -0.0509. The predicted molar refractivity (Wildman–Crippen MR) is 89.7 cm³/mol. The molecule has 0 aliphatic carbocycles. The number of hydrogen-bond acceptors (Lipinski definition) is 3. The maximum atomic E-state index is 13.0. The van der Waals surface area contributed by atoms with Crippen molar-refractivity contribution >= 4 is 33.8 Å². The number of alkyl halides is 2. The van der Waals surface area contributed by atoms with Gasteiger partial charge in [0, 0.05) is 11.4 Å². The van der Waals surface area contributed by atoms with Gasteiger partial charge in [0.15, 0.2) is 16.0 Å². The van der Waals surface area contributed by atoms with Crippen molar-refractivity contribution in [1.82, 2.24) is 9.55 Å². The van der Waals surface area contributed by atoms with Crippen LogP contribution in [0, 0.1) is 0 Å². The summed E-state index contributed by atoms with van der Waals surface area (Å²) in [6, 6.07) is 9.91. The van der Waals surface area contributed by atoms with Crippen LogP contribution in [0.25, 0.3) is 11.0 Å². The zero-order valence-corrected chi connectivity index (χ0v) is 14.2. The van der Waals surface area contributed by atoms with Crippen molar-refractivity contribution in [3.05, 3.63) is 52.8 Å². The molecule has 5 rings (SSSR count). The third-order valence-corrected chi connectivity index (χ3v) is 6.71. The number of aromatic nitrogens is 2. The van der Waals surface area contributed by atoms with E-state index in [4.69, 9.17) is 16.3 Å². The van der Waals surface area contributed by atoms with Crippen molar-refractivity contribution in [3.8, 4) is 5.75 Å². The van der Waals surface area contributed by atoms with E-state index in [1.165, 1.54) is 6.07 Å². The summed E-state index contributed by atoms with van der Waals surface area (Å²) >= 11 is 4.75. The molecule has 4 nitrogen and oxygen atoms in total. The Kier molecular flexibility index (Phi) is 3.29. The van der Waals surface area contributed by atoms with Crippen LogP contribution in [0.3, 0.4) is 0 Å². The average molecular weight is 381 g/mol. The minimum absolute atomic E-state index is 0.0704. The number of fused-ring (bicyclic) bond motifs is 9. The lowest BCUT2D eigenvalue weighted by Gasteiger charge is -2.27. The van der Waals surface area contributed by atoms with Gasteiger partial charge in [0.1, 0.15) is 5.75 Å². The first-order chi connectivity index (χ1) is 12.0. The van der Waals surface area contributed by atoms with E-state index in [1.807, 2.05) is 10.6 Å². The normalized spacial score (nSPS) is 23.8. The smallest absolute Gasteiger partial charge is 0.387 e. The van der Waals surface area contributed by atoms with Crippen LogP contribution in [0.4, 0.5) is 8.78 Å². The number of halogens is 3. The van der Waals surface area contributed by atoms with Crippen LogP contribution in [0.2, 0.25) is 5.02 Å². The van der Waals surface area contributed by atoms with Crippen LogP contribution in [-0.2, 0) is 11.2 Å². The fourth-order valence-electron chi connectivity index (χ4n) is 3.86. The molecule has 1 aromatic heterocycles. The Morgan fingerprint density at radius 2 is 2.16 bits per heavy atom. The molecule has 2 aromatic carbocycles. The molecule has 0 saturated heterocycles. The molecule has 128 valence electrons. The minimum Gasteiger partial charge on any atom is -0.611 e. The first-order valence-electron chi connectivity index (χ1n) is 7.70. The van der Waals surface area contributed by atoms with Gasteiger partial charge in [-0.2, -0.15) is 8.78 Å². The molecule has 0 N–H and O–H groups in total. The van der Waals surface area contributed by atoms with Crippen molar-refractivity contribution in [2.45, 2.75) is 29.2 Å². The van der Waals surface area contributed by atoms with Gasteiger partial charge in [-0.25, -0.2) is 4.98 Å². The summed E-state index contributed by atoms with van der Waals surface area (Å²) in [5, 5.41) is 0.306. The van der Waals surface area contributed by atoms with E-state index >= 15 is 0 Å². The molecule has 3 atom stereocenters. The average Bonchev–Trinajstić information content (AvgIpc) is 3.08. The third-order valence-electron chi connectivity index (χ3n) is 4.77. The Morgan fingerprint density at radius 1 is 1.32 bits per heavy atom. The van der Waals surface area contributed by atoms with Crippen LogP contribution in [0.5, 0.6) is 5.75 Å². The second kappa shape index (κ2) is 5.33. The Labute approximate surface area is 149 Å². The highest BCUT2D eigenvalue weighted by atomic mass is 35.5. The van der Waals surface area contributed by atoms with Crippen molar-refractivity contribution in [2.75, 3.05) is 0 Å². The lowest BCUT2D eigenvalue weighted by Crippen LogP contribution is -2.21. The van der Waals surface area contributed by atoms with Gasteiger partial charge < -0.3 is 13.9 Å². The minimum atomic E-state index is -2.94. The van der Waals surface area contributed by atoms with Crippen LogP contribution < -0.4 is 4.74 Å². The number of hydrogen-bond donors (Lipinski definition) is 0. The van der Waals surface area contributed by atoms with E-state index in [1.54, 1.807) is 24.3 Å². The summed E-state index contributed by atoms with van der Waals surface area (Å²) in [7, 11) is 0. The third kappa shape index (κ3) is 2.12. The van der Waals surface area contributed by atoms with Crippen LogP contribution in [0.15, 0.2) is 41.3 Å². The quantitative estimate of drug-likeness (QED) is 0.617. The van der Waals surface area contributed by atoms with Gasteiger partial charge in [-0.1, -0.05) is 17.7 Å². The van der Waals surface area contributed by atoms with Gasteiger partial charge in [0.05, 0.1) is 22.6 Å². The first-order valence-corrected chi connectivity index (χ1v) is 9.29. The predicted octanol–water partition coefficient (Wildman–Crippen LogP) is 4.45. The molecule has 3 aromatic rings. The molecule has 1 unspecified atom stereocenters. The molecule has 2 bridgehead atoms. The van der Waals surface area contributed by atoms with E-state index in [9.17, 15) is 13.3 Å². The van der Waals surface area contributed by atoms with Crippen molar-refractivity contribution in [1.29, 1.82) is 0 Å². The van der Waals surface area contributed by atoms with Crippen molar-refractivity contribution < 1.29 is 18.1 Å². The number of benzene rings is 2. The van der Waals surface area contributed by atoms with Crippen molar-refractivity contribution in [2.24, 2.45) is 0 Å². The van der Waals surface area contributed by atoms with Gasteiger partial charge in [-0.3, -0.25) is 0 Å². The zero-order chi connectivity index (χ0) is 17.3. The van der Waals surface area contributed by atoms with Crippen molar-refractivity contribution in [3.63, 3.8) is 0 Å². The maximum Gasteiger partial charge on any atom is 0.387 e. The number of rotatable bonds is 2. The molecule has 2 aliphatic rings. The zero-order valence-electron chi connectivity index (χ0n) is 12.7. The standard InChI is InChI=1S/C17H11ClF2N2O2S/c18-8-4-5-9-10(6-8)22-11-7-14(16(22)21-9)25(23)13-3-1-2-12(15(11)13)24-17(19)20/h1-6,11,14,17H,7H2/t11-,14+,25?/m0/s1. The van der Waals surface area contributed by atoms with Crippen LogP contribution in [0.1, 0.15) is 29.1 Å². The summed E-state index contributed by atoms with van der Waals surface area (Å²) in [6.45, 7) is -2.94. The number of nitrogens with zero attached hydrogens (tertiary/aromatic N) is 2. The molecule has 0 saturated carbocycles. The second-order valence-electron chi connectivity index (χ2n) is 6.06. The van der Waals surface area contributed by atoms with Crippen LogP contribution in [-0.4, -0.2) is 20.7 Å². The molecule has 25 heavy (non-hydrogen) atoms. The molecule has 0 radical (unpaired) electrons. The topological polar surface area (TPSA) is 50.1 Å². The summed E-state index contributed by atoms with van der Waals surface area (Å²) in [5.74, 6) is 0.779. The molecule has 8 heteroatoms. The summed E-state index contributed by atoms with van der Waals surface area (Å²) in [4.78, 5) is 5.17. The van der Waals surface area contributed by atoms with Gasteiger partial charge >= 0.3 is 6.61 Å². The molecule has 0 spiro atoms.